The second-order valence-corrected chi connectivity index (χ2v) is 5.61. The minimum Gasteiger partial charge on any atom is -0.360 e. The number of aromatic nitrogens is 1. The number of hydrogen-bond donors (Lipinski definition) is 2. The summed E-state index contributed by atoms with van der Waals surface area (Å²) < 4.78 is 0. The molecule has 88 valence electrons. The summed E-state index contributed by atoms with van der Waals surface area (Å²) in [5.74, 6) is 0. The maximum Gasteiger partial charge on any atom is 0.0561 e. The van der Waals surface area contributed by atoms with Gasteiger partial charge in [0.15, 0.2) is 0 Å². The molecule has 1 aromatic rings. The Morgan fingerprint density at radius 2 is 1.75 bits per heavy atom. The van der Waals surface area contributed by atoms with Crippen LogP contribution in [0.2, 0.25) is 0 Å². The minimum absolute atomic E-state index is 0.0460. The van der Waals surface area contributed by atoms with E-state index in [1.165, 1.54) is 61.9 Å². The van der Waals surface area contributed by atoms with Gasteiger partial charge in [-0.15, -0.1) is 0 Å². The molecule has 0 atom stereocenters. The normalized spacial score (nSPS) is 24.1. The Hall–Kier alpha value is -0.760. The summed E-state index contributed by atoms with van der Waals surface area (Å²) in [6.07, 6.45) is 11.4. The molecule has 1 heterocycles. The summed E-state index contributed by atoms with van der Waals surface area (Å²) in [6.45, 7) is 0. The third-order valence-corrected chi connectivity index (χ3v) is 4.40. The van der Waals surface area contributed by atoms with Crippen molar-refractivity contribution in [3.63, 3.8) is 0 Å². The molecule has 1 saturated carbocycles. The molecule has 0 spiro atoms. The molecule has 1 aromatic heterocycles. The number of aryl methyl sites for hydroxylation is 2. The molecule has 2 aliphatic carbocycles. The fourth-order valence-corrected chi connectivity index (χ4v) is 3.32. The third kappa shape index (κ3) is 1.69. The van der Waals surface area contributed by atoms with E-state index in [4.69, 9.17) is 5.73 Å². The van der Waals surface area contributed by atoms with Gasteiger partial charge in [0, 0.05) is 11.4 Å². The molecule has 0 bridgehead atoms. The third-order valence-electron chi connectivity index (χ3n) is 4.40. The van der Waals surface area contributed by atoms with Crippen molar-refractivity contribution in [3.8, 4) is 0 Å². The van der Waals surface area contributed by atoms with Gasteiger partial charge in [0.2, 0.25) is 0 Å². The quantitative estimate of drug-likeness (QED) is 0.747. The van der Waals surface area contributed by atoms with E-state index in [0.717, 1.165) is 12.8 Å². The van der Waals surface area contributed by atoms with Crippen molar-refractivity contribution >= 4 is 0 Å². The Morgan fingerprint density at radius 1 is 1.00 bits per heavy atom. The van der Waals surface area contributed by atoms with Gasteiger partial charge in [0.25, 0.3) is 0 Å². The largest absolute Gasteiger partial charge is 0.360 e. The zero-order chi connectivity index (χ0) is 11.0. The number of rotatable bonds is 1. The number of aromatic amines is 1. The standard InChI is InChI=1S/C14H22N2/c15-14(8-4-1-5-9-14)13-10-11-6-2-3-7-12(11)16-13/h10,16H,1-9,15H2. The highest BCUT2D eigenvalue weighted by atomic mass is 14.9. The fourth-order valence-electron chi connectivity index (χ4n) is 3.32. The van der Waals surface area contributed by atoms with Gasteiger partial charge in [-0.1, -0.05) is 19.3 Å². The second-order valence-electron chi connectivity index (χ2n) is 5.61. The lowest BCUT2D eigenvalue weighted by molar-refractivity contribution is 0.296. The predicted molar refractivity (Wildman–Crippen MR) is 66.4 cm³/mol. The monoisotopic (exact) mass is 218 g/mol. The zero-order valence-corrected chi connectivity index (χ0v) is 10.0. The number of nitrogens with two attached hydrogens (primary N) is 1. The van der Waals surface area contributed by atoms with Gasteiger partial charge < -0.3 is 10.7 Å². The summed E-state index contributed by atoms with van der Waals surface area (Å²) in [6, 6.07) is 2.36. The summed E-state index contributed by atoms with van der Waals surface area (Å²) >= 11 is 0. The van der Waals surface area contributed by atoms with Crippen LogP contribution in [0.15, 0.2) is 6.07 Å². The van der Waals surface area contributed by atoms with Crippen molar-refractivity contribution in [2.75, 3.05) is 0 Å². The average molecular weight is 218 g/mol. The van der Waals surface area contributed by atoms with Crippen LogP contribution >= 0.6 is 0 Å². The number of H-pyrrole nitrogens is 1. The van der Waals surface area contributed by atoms with Gasteiger partial charge in [0.1, 0.15) is 0 Å². The Kier molecular flexibility index (Phi) is 2.55. The Bertz CT molecular complexity index is 349. The zero-order valence-electron chi connectivity index (χ0n) is 10.0. The lowest BCUT2D eigenvalue weighted by Crippen LogP contribution is -2.38. The van der Waals surface area contributed by atoms with E-state index in [2.05, 4.69) is 11.1 Å². The molecule has 3 N–H and O–H groups in total. The SMILES string of the molecule is NC1(c2cc3c([nH]2)CCCC3)CCCCC1. The number of fused-ring (bicyclic) bond motifs is 1. The molecule has 1 fully saturated rings. The number of nitrogens with one attached hydrogen (secondary N) is 1. The molecular weight excluding hydrogens is 196 g/mol. The van der Waals surface area contributed by atoms with Crippen molar-refractivity contribution in [1.82, 2.24) is 4.98 Å². The molecular formula is C14H22N2. The van der Waals surface area contributed by atoms with Crippen LogP contribution < -0.4 is 5.73 Å². The highest BCUT2D eigenvalue weighted by molar-refractivity contribution is 5.32. The summed E-state index contributed by atoms with van der Waals surface area (Å²) in [7, 11) is 0. The summed E-state index contributed by atoms with van der Waals surface area (Å²) in [5.41, 5.74) is 10.8. The molecule has 16 heavy (non-hydrogen) atoms. The lowest BCUT2D eigenvalue weighted by Gasteiger charge is -2.32. The summed E-state index contributed by atoms with van der Waals surface area (Å²) in [5, 5.41) is 0. The van der Waals surface area contributed by atoms with Crippen LogP contribution in [0.5, 0.6) is 0 Å². The Labute approximate surface area is 97.6 Å². The van der Waals surface area contributed by atoms with Crippen molar-refractivity contribution in [2.45, 2.75) is 63.3 Å². The minimum atomic E-state index is -0.0460. The van der Waals surface area contributed by atoms with Crippen molar-refractivity contribution < 1.29 is 0 Å². The van der Waals surface area contributed by atoms with Gasteiger partial charge in [0.05, 0.1) is 5.54 Å². The Balaban J connectivity index is 1.90. The van der Waals surface area contributed by atoms with E-state index in [9.17, 15) is 0 Å². The molecule has 0 unspecified atom stereocenters. The van der Waals surface area contributed by atoms with Crippen LogP contribution in [-0.2, 0) is 18.4 Å². The molecule has 0 aromatic carbocycles. The first-order valence-electron chi connectivity index (χ1n) is 6.78. The molecule has 0 amide bonds. The van der Waals surface area contributed by atoms with E-state index >= 15 is 0 Å². The van der Waals surface area contributed by atoms with Gasteiger partial charge in [-0.3, -0.25) is 0 Å². The van der Waals surface area contributed by atoms with Crippen LogP contribution in [-0.4, -0.2) is 4.98 Å². The van der Waals surface area contributed by atoms with Gasteiger partial charge in [-0.25, -0.2) is 0 Å². The topological polar surface area (TPSA) is 41.8 Å². The van der Waals surface area contributed by atoms with Gasteiger partial charge >= 0.3 is 0 Å². The highest BCUT2D eigenvalue weighted by Crippen LogP contribution is 2.36. The average Bonchev–Trinajstić information content (AvgIpc) is 2.74. The molecule has 2 nitrogen and oxygen atoms in total. The fraction of sp³-hybridized carbons (Fsp3) is 0.714. The van der Waals surface area contributed by atoms with Crippen molar-refractivity contribution in [3.05, 3.63) is 23.0 Å². The first-order chi connectivity index (χ1) is 7.78. The second kappa shape index (κ2) is 3.92. The first-order valence-corrected chi connectivity index (χ1v) is 6.78. The smallest absolute Gasteiger partial charge is 0.0561 e. The van der Waals surface area contributed by atoms with E-state index in [1.54, 1.807) is 0 Å². The van der Waals surface area contributed by atoms with E-state index in [1.807, 2.05) is 0 Å². The summed E-state index contributed by atoms with van der Waals surface area (Å²) in [4.78, 5) is 3.62. The Morgan fingerprint density at radius 3 is 2.50 bits per heavy atom. The highest BCUT2D eigenvalue weighted by Gasteiger charge is 2.31. The molecule has 3 rings (SSSR count). The van der Waals surface area contributed by atoms with Crippen LogP contribution in [0.3, 0.4) is 0 Å². The maximum absolute atomic E-state index is 6.56. The molecule has 2 aliphatic rings. The molecule has 0 radical (unpaired) electrons. The molecule has 0 aliphatic heterocycles. The van der Waals surface area contributed by atoms with Crippen molar-refractivity contribution in [2.24, 2.45) is 5.73 Å². The van der Waals surface area contributed by atoms with E-state index in [0.29, 0.717) is 0 Å². The van der Waals surface area contributed by atoms with Crippen LogP contribution in [0.1, 0.15) is 61.9 Å². The van der Waals surface area contributed by atoms with Crippen LogP contribution in [0.25, 0.3) is 0 Å². The van der Waals surface area contributed by atoms with Gasteiger partial charge in [-0.2, -0.15) is 0 Å². The maximum atomic E-state index is 6.56. The number of hydrogen-bond acceptors (Lipinski definition) is 1. The molecule has 2 heteroatoms. The van der Waals surface area contributed by atoms with Gasteiger partial charge in [-0.05, 0) is 50.2 Å². The predicted octanol–water partition coefficient (Wildman–Crippen LogP) is 3.01. The first kappa shape index (κ1) is 10.4. The van der Waals surface area contributed by atoms with E-state index in [-0.39, 0.29) is 5.54 Å². The van der Waals surface area contributed by atoms with Crippen molar-refractivity contribution in [1.29, 1.82) is 0 Å². The molecule has 0 saturated heterocycles. The van der Waals surface area contributed by atoms with Crippen LogP contribution in [0, 0.1) is 0 Å². The lowest BCUT2D eigenvalue weighted by atomic mass is 9.80. The van der Waals surface area contributed by atoms with Crippen LogP contribution in [0.4, 0.5) is 0 Å². The van der Waals surface area contributed by atoms with E-state index < -0.39 is 0 Å².